The maximum absolute atomic E-state index is 13.0. The first-order chi connectivity index (χ1) is 14.1. The molecule has 0 aliphatic carbocycles. The second kappa shape index (κ2) is 8.53. The number of rotatable bonds is 6. The summed E-state index contributed by atoms with van der Waals surface area (Å²) in [6.45, 7) is 2.41. The van der Waals surface area contributed by atoms with Crippen molar-refractivity contribution in [1.82, 2.24) is 9.55 Å². The zero-order valence-electron chi connectivity index (χ0n) is 15.6. The first-order valence-corrected chi connectivity index (χ1v) is 11.3. The Morgan fingerprint density at radius 1 is 1.14 bits per heavy atom. The molecule has 0 bridgehead atoms. The minimum Gasteiger partial charge on any atom is -0.293 e. The van der Waals surface area contributed by atoms with Crippen molar-refractivity contribution >= 4 is 50.7 Å². The molecule has 2 aromatic heterocycles. The fraction of sp³-hybridized carbons (Fsp3) is 0.136. The van der Waals surface area contributed by atoms with Gasteiger partial charge in [-0.15, -0.1) is 11.3 Å². The first kappa shape index (κ1) is 19.9. The molecule has 0 fully saturated rings. The van der Waals surface area contributed by atoms with Crippen LogP contribution in [0.3, 0.4) is 0 Å². The van der Waals surface area contributed by atoms with Gasteiger partial charge in [0, 0.05) is 22.0 Å². The molecule has 4 aromatic rings. The van der Waals surface area contributed by atoms with Crippen LogP contribution in [0.1, 0.15) is 17.3 Å². The van der Waals surface area contributed by atoms with Crippen LogP contribution >= 0.6 is 34.7 Å². The number of halogens is 1. The monoisotopic (exact) mass is 440 g/mol. The molecule has 0 aliphatic heterocycles. The number of thiophene rings is 1. The lowest BCUT2D eigenvalue weighted by Crippen LogP contribution is -2.22. The SMILES string of the molecule is CCn1c(SCC(=O)c2ccc(Cl)cc2)nc2cc(-c3ccccc3)sc2c1=O. The highest BCUT2D eigenvalue weighted by atomic mass is 35.5. The molecule has 7 heteroatoms. The summed E-state index contributed by atoms with van der Waals surface area (Å²) in [6.07, 6.45) is 0. The molecule has 0 aliphatic rings. The quantitative estimate of drug-likeness (QED) is 0.217. The van der Waals surface area contributed by atoms with Crippen LogP contribution in [-0.4, -0.2) is 21.1 Å². The average molecular weight is 441 g/mol. The number of fused-ring (bicyclic) bond motifs is 1. The van der Waals surface area contributed by atoms with Crippen molar-refractivity contribution < 1.29 is 4.79 Å². The standard InChI is InChI=1S/C22H17ClN2O2S2/c1-2-25-21(27)20-17(12-19(29-20)15-6-4-3-5-7-15)24-22(25)28-13-18(26)14-8-10-16(23)11-9-14/h3-12H,2,13H2,1H3. The zero-order valence-corrected chi connectivity index (χ0v) is 18.0. The Hall–Kier alpha value is -2.41. The molecule has 0 unspecified atom stereocenters. The second-order valence-corrected chi connectivity index (χ2v) is 8.78. The second-order valence-electron chi connectivity index (χ2n) is 6.35. The summed E-state index contributed by atoms with van der Waals surface area (Å²) >= 11 is 8.62. The largest absolute Gasteiger partial charge is 0.293 e. The van der Waals surface area contributed by atoms with E-state index in [2.05, 4.69) is 0 Å². The number of hydrogen-bond acceptors (Lipinski definition) is 5. The van der Waals surface area contributed by atoms with Gasteiger partial charge in [0.15, 0.2) is 10.9 Å². The Morgan fingerprint density at radius 3 is 2.55 bits per heavy atom. The smallest absolute Gasteiger partial charge is 0.272 e. The Morgan fingerprint density at radius 2 is 1.86 bits per heavy atom. The van der Waals surface area contributed by atoms with E-state index in [1.165, 1.54) is 23.1 Å². The van der Waals surface area contributed by atoms with E-state index in [1.807, 2.05) is 43.3 Å². The first-order valence-electron chi connectivity index (χ1n) is 9.08. The van der Waals surface area contributed by atoms with Gasteiger partial charge in [0.1, 0.15) is 4.70 Å². The molecule has 0 saturated heterocycles. The highest BCUT2D eigenvalue weighted by Gasteiger charge is 2.16. The van der Waals surface area contributed by atoms with Crippen LogP contribution in [-0.2, 0) is 6.54 Å². The third-order valence-corrected chi connectivity index (χ3v) is 6.86. The number of carbonyl (C=O) groups excluding carboxylic acids is 1. The van der Waals surface area contributed by atoms with E-state index < -0.39 is 0 Å². The summed E-state index contributed by atoms with van der Waals surface area (Å²) in [6, 6.07) is 18.7. The van der Waals surface area contributed by atoms with Gasteiger partial charge >= 0.3 is 0 Å². The molecule has 146 valence electrons. The zero-order chi connectivity index (χ0) is 20.4. The number of nitrogens with zero attached hydrogens (tertiary/aromatic N) is 2. The highest BCUT2D eigenvalue weighted by Crippen LogP contribution is 2.32. The van der Waals surface area contributed by atoms with Crippen LogP contribution < -0.4 is 5.56 Å². The van der Waals surface area contributed by atoms with Gasteiger partial charge in [0.25, 0.3) is 5.56 Å². The van der Waals surface area contributed by atoms with Crippen LogP contribution in [0.5, 0.6) is 0 Å². The van der Waals surface area contributed by atoms with Gasteiger partial charge in [0.2, 0.25) is 0 Å². The van der Waals surface area contributed by atoms with Gasteiger partial charge in [-0.3, -0.25) is 14.2 Å². The molecule has 0 amide bonds. The third kappa shape index (κ3) is 4.15. The lowest BCUT2D eigenvalue weighted by molar-refractivity contribution is 0.102. The topological polar surface area (TPSA) is 52.0 Å². The van der Waals surface area contributed by atoms with E-state index in [0.29, 0.717) is 32.5 Å². The van der Waals surface area contributed by atoms with E-state index in [0.717, 1.165) is 10.4 Å². The van der Waals surface area contributed by atoms with Gasteiger partial charge in [-0.25, -0.2) is 4.98 Å². The summed E-state index contributed by atoms with van der Waals surface area (Å²) < 4.78 is 2.27. The van der Waals surface area contributed by atoms with Crippen molar-refractivity contribution in [2.24, 2.45) is 0 Å². The highest BCUT2D eigenvalue weighted by molar-refractivity contribution is 7.99. The number of ketones is 1. The lowest BCUT2D eigenvalue weighted by atomic mass is 10.1. The molecule has 0 saturated carbocycles. The summed E-state index contributed by atoms with van der Waals surface area (Å²) in [5.74, 6) is 0.175. The van der Waals surface area contributed by atoms with E-state index in [-0.39, 0.29) is 17.1 Å². The predicted molar refractivity (Wildman–Crippen MR) is 121 cm³/mol. The Labute approximate surface area is 181 Å². The average Bonchev–Trinajstić information content (AvgIpc) is 3.18. The number of thioether (sulfide) groups is 1. The van der Waals surface area contributed by atoms with Crippen molar-refractivity contribution in [3.63, 3.8) is 0 Å². The van der Waals surface area contributed by atoms with Gasteiger partial charge in [-0.05, 0) is 42.8 Å². The van der Waals surface area contributed by atoms with Gasteiger partial charge in [-0.1, -0.05) is 53.7 Å². The van der Waals surface area contributed by atoms with Crippen LogP contribution in [0, 0.1) is 0 Å². The fourth-order valence-corrected chi connectivity index (χ4v) is 5.11. The summed E-state index contributed by atoms with van der Waals surface area (Å²) in [4.78, 5) is 31.2. The summed E-state index contributed by atoms with van der Waals surface area (Å²) in [5, 5.41) is 1.15. The summed E-state index contributed by atoms with van der Waals surface area (Å²) in [5.41, 5.74) is 2.26. The molecule has 2 aromatic carbocycles. The van der Waals surface area contributed by atoms with Gasteiger partial charge < -0.3 is 0 Å². The van der Waals surface area contributed by atoms with E-state index >= 15 is 0 Å². The number of hydrogen-bond donors (Lipinski definition) is 0. The number of benzene rings is 2. The molecule has 4 nitrogen and oxygen atoms in total. The van der Waals surface area contributed by atoms with E-state index in [4.69, 9.17) is 16.6 Å². The maximum Gasteiger partial charge on any atom is 0.272 e. The molecule has 29 heavy (non-hydrogen) atoms. The van der Waals surface area contributed by atoms with E-state index in [9.17, 15) is 9.59 Å². The van der Waals surface area contributed by atoms with Crippen molar-refractivity contribution in [2.45, 2.75) is 18.6 Å². The van der Waals surface area contributed by atoms with Gasteiger partial charge in [0.05, 0.1) is 11.3 Å². The maximum atomic E-state index is 13.0. The number of aromatic nitrogens is 2. The molecule has 0 radical (unpaired) electrons. The van der Waals surface area contributed by atoms with Crippen molar-refractivity contribution in [3.8, 4) is 10.4 Å². The molecule has 4 rings (SSSR count). The van der Waals surface area contributed by atoms with Crippen LogP contribution in [0.25, 0.3) is 20.7 Å². The van der Waals surface area contributed by atoms with Crippen LogP contribution in [0.15, 0.2) is 70.6 Å². The minimum atomic E-state index is -0.0638. The third-order valence-electron chi connectivity index (χ3n) is 4.47. The molecule has 0 spiro atoms. The van der Waals surface area contributed by atoms with Crippen LogP contribution in [0.4, 0.5) is 0 Å². The van der Waals surface area contributed by atoms with Crippen molar-refractivity contribution in [2.75, 3.05) is 5.75 Å². The Bertz CT molecular complexity index is 1230. The molecule has 0 N–H and O–H groups in total. The van der Waals surface area contributed by atoms with Crippen molar-refractivity contribution in [3.05, 3.63) is 81.6 Å². The number of Topliss-reactive ketones (excluding diaryl/α,β-unsaturated/α-hetero) is 1. The van der Waals surface area contributed by atoms with E-state index in [1.54, 1.807) is 28.8 Å². The molecule has 0 atom stereocenters. The molecular weight excluding hydrogens is 424 g/mol. The fourth-order valence-electron chi connectivity index (χ4n) is 2.97. The lowest BCUT2D eigenvalue weighted by Gasteiger charge is -2.09. The predicted octanol–water partition coefficient (Wildman–Crippen LogP) is 5.77. The Balaban J connectivity index is 1.66. The number of carbonyl (C=O) groups is 1. The molecule has 2 heterocycles. The normalized spacial score (nSPS) is 11.1. The summed E-state index contributed by atoms with van der Waals surface area (Å²) in [7, 11) is 0. The molecular formula is C22H17ClN2O2S2. The van der Waals surface area contributed by atoms with Crippen LogP contribution in [0.2, 0.25) is 5.02 Å². The van der Waals surface area contributed by atoms with Crippen molar-refractivity contribution in [1.29, 1.82) is 0 Å². The minimum absolute atomic E-state index is 0.0287. The van der Waals surface area contributed by atoms with Gasteiger partial charge in [-0.2, -0.15) is 0 Å². The Kier molecular flexibility index (Phi) is 5.85.